The van der Waals surface area contributed by atoms with Gasteiger partial charge in [-0.15, -0.1) is 0 Å². The second-order valence-corrected chi connectivity index (χ2v) is 30.3. The Balaban J connectivity index is 0.0000000854. The minimum Gasteiger partial charge on any atom is -0.465 e. The highest BCUT2D eigenvalue weighted by Gasteiger charge is 2.62. The van der Waals surface area contributed by atoms with Gasteiger partial charge in [-0.2, -0.15) is 0 Å². The van der Waals surface area contributed by atoms with Gasteiger partial charge in [0.05, 0.1) is 160 Å². The number of esters is 2. The van der Waals surface area contributed by atoms with E-state index in [4.69, 9.17) is 71.1 Å². The van der Waals surface area contributed by atoms with Crippen molar-refractivity contribution in [1.82, 2.24) is 0 Å². The number of epoxide rings is 10. The van der Waals surface area contributed by atoms with Crippen LogP contribution in [0.4, 0.5) is 0 Å². The van der Waals surface area contributed by atoms with E-state index in [1.807, 2.05) is 0 Å². The Morgan fingerprint density at radius 3 is 1.70 bits per heavy atom. The third-order valence-electron chi connectivity index (χ3n) is 24.4. The van der Waals surface area contributed by atoms with Crippen molar-refractivity contribution in [2.75, 3.05) is 33.0 Å². The molecule has 29 unspecified atom stereocenters. The molecule has 11 saturated heterocycles. The molecule has 0 radical (unpaired) electrons. The lowest BCUT2D eigenvalue weighted by Crippen LogP contribution is -2.47. The molecule has 0 aromatic rings. The molecular formula is C65H96O17. The van der Waals surface area contributed by atoms with E-state index < -0.39 is 0 Å². The third-order valence-corrected chi connectivity index (χ3v) is 24.4. The molecule has 0 bridgehead atoms. The molecule has 0 aromatic heterocycles. The van der Waals surface area contributed by atoms with Crippen LogP contribution in [-0.2, 0) is 80.6 Å². The predicted molar refractivity (Wildman–Crippen MR) is 291 cm³/mol. The molecule has 9 saturated carbocycles. The Morgan fingerprint density at radius 1 is 0.476 bits per heavy atom. The van der Waals surface area contributed by atoms with Crippen LogP contribution in [0.1, 0.15) is 175 Å². The maximum absolute atomic E-state index is 12.3. The summed E-state index contributed by atoms with van der Waals surface area (Å²) in [5.41, 5.74) is 0.708. The fourth-order valence-electron chi connectivity index (χ4n) is 17.9. The molecule has 0 N–H and O–H groups in total. The van der Waals surface area contributed by atoms with Gasteiger partial charge in [0, 0.05) is 11.3 Å². The first-order valence-electron chi connectivity index (χ1n) is 33.6. The van der Waals surface area contributed by atoms with Crippen LogP contribution in [0.2, 0.25) is 0 Å². The molecule has 0 amide bonds. The van der Waals surface area contributed by atoms with Crippen molar-refractivity contribution in [3.8, 4) is 0 Å². The quantitative estimate of drug-likeness (QED) is 0.149. The van der Waals surface area contributed by atoms with Crippen molar-refractivity contribution in [1.29, 1.82) is 0 Å². The van der Waals surface area contributed by atoms with Crippen LogP contribution in [-0.4, -0.2) is 178 Å². The lowest BCUT2D eigenvalue weighted by molar-refractivity contribution is -0.257. The molecule has 20 rings (SSSR count). The number of hydrogen-bond acceptors (Lipinski definition) is 17. The summed E-state index contributed by atoms with van der Waals surface area (Å²) < 4.78 is 84.9. The standard InChI is InChI=1S/C16H24O4.C15H22O4.C14H20O4.C10H14O3.C10H16O2/c1-8-10(3-5-12-14(8)19-12)7-18-16(17)11-4-6-13-15(20-13)9(11)2;1-2-10-12(18-10)5-9(1)14-16-7-15(8-17-14)4-3-11-13(6-15)19-11;15-14(9-2-4-11-13(6-9)18-11)16-7-8-1-3-10-12(5-8)17-10;1-3-7-9(12-7)5(1)11-6-2-4-8-10(6)13-8;1-9-5-7(10(2)6-11-10)3-4-8(9)12-9/h8-15H,3-7H2,1-2H3;9-14H,1-8H2;8-13H,1-7H2;5-10H,1-4H2;7-8H,3-6H2,1-2H3. The first-order valence-corrected chi connectivity index (χ1v) is 33.6. The van der Waals surface area contributed by atoms with Crippen molar-refractivity contribution >= 4 is 11.9 Å². The second kappa shape index (κ2) is 21.9. The Labute approximate surface area is 485 Å². The highest BCUT2D eigenvalue weighted by molar-refractivity contribution is 5.73. The molecular weight excluding hydrogens is 1050 g/mol. The first-order chi connectivity index (χ1) is 39.8. The number of carbonyl (C=O) groups excluding carboxylic acids is 2. The fourth-order valence-corrected chi connectivity index (χ4v) is 17.9. The summed E-state index contributed by atoms with van der Waals surface area (Å²) in [7, 11) is 0. The smallest absolute Gasteiger partial charge is 0.309 e. The number of hydrogen-bond donors (Lipinski definition) is 0. The normalized spacial score (nSPS) is 56.3. The molecule has 11 aliphatic heterocycles. The van der Waals surface area contributed by atoms with Gasteiger partial charge in [-0.05, 0) is 191 Å². The van der Waals surface area contributed by atoms with E-state index in [1.54, 1.807) is 0 Å². The lowest BCUT2D eigenvalue weighted by atomic mass is 9.74. The zero-order valence-electron chi connectivity index (χ0n) is 49.4. The van der Waals surface area contributed by atoms with Gasteiger partial charge in [-0.25, -0.2) is 0 Å². The van der Waals surface area contributed by atoms with Crippen LogP contribution in [0, 0.1) is 52.8 Å². The Morgan fingerprint density at radius 2 is 1.06 bits per heavy atom. The molecule has 11 heterocycles. The van der Waals surface area contributed by atoms with E-state index in [0.717, 1.165) is 103 Å². The average Bonchev–Trinajstić information content (AvgIpc) is 4.42. The van der Waals surface area contributed by atoms with Crippen molar-refractivity contribution < 1.29 is 80.6 Å². The average molecular weight is 1150 g/mol. The maximum Gasteiger partial charge on any atom is 0.309 e. The van der Waals surface area contributed by atoms with Crippen LogP contribution in [0.3, 0.4) is 0 Å². The van der Waals surface area contributed by atoms with E-state index in [9.17, 15) is 9.59 Å². The monoisotopic (exact) mass is 1150 g/mol. The first kappa shape index (κ1) is 55.7. The van der Waals surface area contributed by atoms with Crippen molar-refractivity contribution in [2.24, 2.45) is 52.8 Å². The van der Waals surface area contributed by atoms with Gasteiger partial charge >= 0.3 is 11.9 Å². The van der Waals surface area contributed by atoms with Gasteiger partial charge in [0.15, 0.2) is 6.29 Å². The zero-order valence-corrected chi connectivity index (χ0v) is 49.4. The Bertz CT molecular complexity index is 2300. The summed E-state index contributed by atoms with van der Waals surface area (Å²) >= 11 is 0. The third kappa shape index (κ3) is 12.2. The molecule has 17 heteroatoms. The summed E-state index contributed by atoms with van der Waals surface area (Å²) in [4.78, 5) is 24.3. The predicted octanol–water partition coefficient (Wildman–Crippen LogP) is 8.28. The molecule has 20 aliphatic rings. The number of carbonyl (C=O) groups is 2. The summed E-state index contributed by atoms with van der Waals surface area (Å²) in [6.45, 7) is 12.7. The minimum atomic E-state index is -0.00233. The highest BCUT2D eigenvalue weighted by atomic mass is 16.7. The molecule has 17 nitrogen and oxygen atoms in total. The van der Waals surface area contributed by atoms with Gasteiger partial charge in [-0.1, -0.05) is 13.8 Å². The van der Waals surface area contributed by atoms with Gasteiger partial charge in [0.1, 0.15) is 12.2 Å². The molecule has 20 fully saturated rings. The second-order valence-electron chi connectivity index (χ2n) is 30.3. The largest absolute Gasteiger partial charge is 0.465 e. The van der Waals surface area contributed by atoms with Gasteiger partial charge in [0.2, 0.25) is 0 Å². The number of rotatable bonds is 10. The number of fused-ring (bicyclic) bond motifs is 9. The van der Waals surface area contributed by atoms with Gasteiger partial charge in [0.25, 0.3) is 0 Å². The van der Waals surface area contributed by atoms with E-state index in [2.05, 4.69) is 27.7 Å². The molecule has 29 atom stereocenters. The Kier molecular flexibility index (Phi) is 14.9. The summed E-state index contributed by atoms with van der Waals surface area (Å²) in [6, 6.07) is 0. The molecule has 9 aliphatic carbocycles. The maximum atomic E-state index is 12.3. The summed E-state index contributed by atoms with van der Waals surface area (Å²) in [5, 5.41) is 0. The Hall–Kier alpha value is -1.58. The summed E-state index contributed by atoms with van der Waals surface area (Å²) in [5.74, 6) is 3.28. The van der Waals surface area contributed by atoms with Crippen molar-refractivity contribution in [3.05, 3.63) is 0 Å². The fraction of sp³-hybridized carbons (Fsp3) is 0.969. The van der Waals surface area contributed by atoms with Crippen LogP contribution < -0.4 is 0 Å². The molecule has 1 spiro atoms. The van der Waals surface area contributed by atoms with Gasteiger partial charge < -0.3 is 71.1 Å². The SMILES string of the molecule is C1CC2OC2C1OC1CCC2OC12.C1CC2OC2CC1C1OCC2(CCC3OC3C2)CO1.CC1(C2CCC3OC3(C)C2)CO1.CC1C(COC(=O)C2CCC3OC3C2C)CCC2OC21.O=C(OCC1CCC2OC2C1)C1CCC2OC2C1. The van der Waals surface area contributed by atoms with E-state index in [1.165, 1.54) is 70.6 Å². The lowest BCUT2D eigenvalue weighted by Gasteiger charge is -2.43. The zero-order chi connectivity index (χ0) is 55.2. The van der Waals surface area contributed by atoms with E-state index in [-0.39, 0.29) is 46.7 Å². The topological polar surface area (TPSA) is 206 Å². The number of ether oxygens (including phenoxy) is 15. The van der Waals surface area contributed by atoms with Crippen LogP contribution >= 0.6 is 0 Å². The summed E-state index contributed by atoms with van der Waals surface area (Å²) in [6.07, 6.45) is 35.1. The van der Waals surface area contributed by atoms with Crippen LogP contribution in [0.15, 0.2) is 0 Å². The molecule has 458 valence electrons. The van der Waals surface area contributed by atoms with E-state index >= 15 is 0 Å². The molecule has 82 heavy (non-hydrogen) atoms. The van der Waals surface area contributed by atoms with E-state index in [0.29, 0.717) is 159 Å². The molecule has 0 aromatic carbocycles. The minimum absolute atomic E-state index is 0.00233. The van der Waals surface area contributed by atoms with Crippen molar-refractivity contribution in [3.63, 3.8) is 0 Å². The van der Waals surface area contributed by atoms with Crippen LogP contribution in [0.25, 0.3) is 0 Å². The highest BCUT2D eigenvalue weighted by Crippen LogP contribution is 2.56. The van der Waals surface area contributed by atoms with Crippen LogP contribution in [0.5, 0.6) is 0 Å². The van der Waals surface area contributed by atoms with Crippen molar-refractivity contribution in [2.45, 2.75) is 309 Å². The van der Waals surface area contributed by atoms with Gasteiger partial charge in [-0.3, -0.25) is 9.59 Å².